The average molecular weight is 988 g/mol. The van der Waals surface area contributed by atoms with Gasteiger partial charge in [0.1, 0.15) is 13.2 Å². The number of carbonyl (C=O) groups is 3. The monoisotopic (exact) mass is 987 g/mol. The van der Waals surface area contributed by atoms with Gasteiger partial charge < -0.3 is 14.2 Å². The number of hydrogen-bond acceptors (Lipinski definition) is 6. The summed E-state index contributed by atoms with van der Waals surface area (Å²) in [6.45, 7) is 6.34. The molecule has 0 aromatic carbocycles. The van der Waals surface area contributed by atoms with Crippen LogP contribution in [0.3, 0.4) is 0 Å². The Kier molecular flexibility index (Phi) is 55.9. The Morgan fingerprint density at radius 2 is 0.592 bits per heavy atom. The normalized spacial score (nSPS) is 12.8. The van der Waals surface area contributed by atoms with Crippen LogP contribution in [0.5, 0.6) is 0 Å². The van der Waals surface area contributed by atoms with E-state index in [9.17, 15) is 14.4 Å². The third-order valence-electron chi connectivity index (χ3n) is 12.6. The third kappa shape index (κ3) is 57.1. The molecular formula is C65H110O6. The largest absolute Gasteiger partial charge is 0.462 e. The zero-order valence-electron chi connectivity index (χ0n) is 46.5. The number of allylic oxidation sites excluding steroid dienone is 15. The highest BCUT2D eigenvalue weighted by Gasteiger charge is 2.19. The van der Waals surface area contributed by atoms with Gasteiger partial charge in [-0.05, 0) is 77.0 Å². The van der Waals surface area contributed by atoms with Crippen molar-refractivity contribution < 1.29 is 28.6 Å². The lowest BCUT2D eigenvalue weighted by atomic mass is 10.0. The first-order valence-corrected chi connectivity index (χ1v) is 29.7. The number of carbonyl (C=O) groups excluding carboxylic acids is 3. The molecule has 0 radical (unpaired) electrons. The van der Waals surface area contributed by atoms with Crippen LogP contribution in [-0.2, 0) is 28.6 Å². The summed E-state index contributed by atoms with van der Waals surface area (Å²) in [4.78, 5) is 38.1. The van der Waals surface area contributed by atoms with Crippen molar-refractivity contribution in [1.29, 1.82) is 0 Å². The fourth-order valence-corrected chi connectivity index (χ4v) is 8.24. The van der Waals surface area contributed by atoms with Crippen LogP contribution in [0.15, 0.2) is 97.2 Å². The minimum atomic E-state index is -0.839. The summed E-state index contributed by atoms with van der Waals surface area (Å²) in [5.74, 6) is -1.06. The van der Waals surface area contributed by atoms with Crippen molar-refractivity contribution >= 4 is 17.9 Å². The van der Waals surface area contributed by atoms with E-state index >= 15 is 0 Å². The second-order valence-electron chi connectivity index (χ2n) is 19.5. The molecule has 0 spiro atoms. The van der Waals surface area contributed by atoms with Crippen molar-refractivity contribution in [3.63, 3.8) is 0 Å². The Balaban J connectivity index is 4.40. The van der Waals surface area contributed by atoms with Gasteiger partial charge in [0.25, 0.3) is 0 Å². The molecule has 0 amide bonds. The van der Waals surface area contributed by atoms with Gasteiger partial charge in [0, 0.05) is 12.8 Å². The van der Waals surface area contributed by atoms with E-state index in [1.807, 2.05) is 6.08 Å². The molecule has 6 nitrogen and oxygen atoms in total. The van der Waals surface area contributed by atoms with Crippen LogP contribution >= 0.6 is 0 Å². The zero-order valence-corrected chi connectivity index (χ0v) is 46.5. The standard InChI is InChI=1S/C65H110O6/c1-4-7-10-13-16-19-22-25-28-29-30-31-32-33-34-35-38-40-43-46-49-52-55-58-64(67)70-61-62(71-65(68)59-56-53-50-47-44-41-37-27-24-21-18-15-12-9-6-3)60-69-63(66)57-54-51-48-45-42-39-36-26-23-20-17-14-11-8-5-2/h8-9,11-12,17-18,20-21,26-27,36-37,44,47,53,56,62H,4-7,10,13-16,19,22-25,28-35,38-43,45-46,48-52,54-55,57-61H2,1-3H3/b11-8-,12-9-,20-17-,21-18-,36-26-,37-27-,47-44-,56-53-. The lowest BCUT2D eigenvalue weighted by molar-refractivity contribution is -0.166. The highest BCUT2D eigenvalue weighted by Crippen LogP contribution is 2.16. The first-order chi connectivity index (χ1) is 35.0. The summed E-state index contributed by atoms with van der Waals surface area (Å²) >= 11 is 0. The van der Waals surface area contributed by atoms with Crippen molar-refractivity contribution in [3.05, 3.63) is 97.2 Å². The number of rotatable bonds is 53. The molecule has 1 atom stereocenters. The van der Waals surface area contributed by atoms with E-state index in [1.165, 1.54) is 128 Å². The van der Waals surface area contributed by atoms with Gasteiger partial charge in [0.2, 0.25) is 0 Å². The summed E-state index contributed by atoms with van der Waals surface area (Å²) in [5.41, 5.74) is 0. The molecule has 406 valence electrons. The van der Waals surface area contributed by atoms with Crippen molar-refractivity contribution in [1.82, 2.24) is 0 Å². The number of esters is 3. The Morgan fingerprint density at radius 1 is 0.310 bits per heavy atom. The number of unbranched alkanes of at least 4 members (excludes halogenated alkanes) is 27. The molecule has 0 fully saturated rings. The highest BCUT2D eigenvalue weighted by molar-refractivity contribution is 5.72. The fraction of sp³-hybridized carbons (Fsp3) is 0.708. The summed E-state index contributed by atoms with van der Waals surface area (Å²) in [5, 5.41) is 0. The molecular weight excluding hydrogens is 877 g/mol. The molecule has 6 heteroatoms. The maximum Gasteiger partial charge on any atom is 0.310 e. The van der Waals surface area contributed by atoms with Gasteiger partial charge in [-0.1, -0.05) is 279 Å². The molecule has 0 aliphatic carbocycles. The molecule has 0 aromatic rings. The van der Waals surface area contributed by atoms with E-state index in [0.29, 0.717) is 12.8 Å². The van der Waals surface area contributed by atoms with Crippen LogP contribution < -0.4 is 0 Å². The lowest BCUT2D eigenvalue weighted by Crippen LogP contribution is -2.30. The average Bonchev–Trinajstić information content (AvgIpc) is 3.37. The van der Waals surface area contributed by atoms with Crippen LogP contribution in [0.2, 0.25) is 0 Å². The molecule has 0 aliphatic heterocycles. The smallest absolute Gasteiger partial charge is 0.310 e. The van der Waals surface area contributed by atoms with Crippen molar-refractivity contribution in [2.75, 3.05) is 13.2 Å². The second-order valence-corrected chi connectivity index (χ2v) is 19.5. The predicted octanol–water partition coefficient (Wildman–Crippen LogP) is 20.1. The fourth-order valence-electron chi connectivity index (χ4n) is 8.24. The van der Waals surface area contributed by atoms with E-state index in [1.54, 1.807) is 6.08 Å². The van der Waals surface area contributed by atoms with Crippen LogP contribution in [0.4, 0.5) is 0 Å². The van der Waals surface area contributed by atoms with E-state index in [2.05, 4.69) is 106 Å². The van der Waals surface area contributed by atoms with Crippen LogP contribution in [0, 0.1) is 0 Å². The van der Waals surface area contributed by atoms with Crippen molar-refractivity contribution in [3.8, 4) is 0 Å². The van der Waals surface area contributed by atoms with Crippen LogP contribution in [-0.4, -0.2) is 37.2 Å². The minimum Gasteiger partial charge on any atom is -0.462 e. The van der Waals surface area contributed by atoms with Crippen molar-refractivity contribution in [2.24, 2.45) is 0 Å². The molecule has 1 unspecified atom stereocenters. The van der Waals surface area contributed by atoms with Gasteiger partial charge in [0.15, 0.2) is 6.10 Å². The minimum absolute atomic E-state index is 0.0925. The van der Waals surface area contributed by atoms with Gasteiger partial charge in [-0.15, -0.1) is 0 Å². The van der Waals surface area contributed by atoms with E-state index < -0.39 is 12.1 Å². The summed E-state index contributed by atoms with van der Waals surface area (Å²) in [7, 11) is 0. The van der Waals surface area contributed by atoms with Crippen LogP contribution in [0.1, 0.15) is 278 Å². The number of hydrogen-bond donors (Lipinski definition) is 0. The zero-order chi connectivity index (χ0) is 51.4. The molecule has 0 saturated carbocycles. The first-order valence-electron chi connectivity index (χ1n) is 29.7. The molecule has 0 aromatic heterocycles. The van der Waals surface area contributed by atoms with E-state index in [-0.39, 0.29) is 31.6 Å². The van der Waals surface area contributed by atoms with Gasteiger partial charge in [-0.25, -0.2) is 0 Å². The number of ether oxygens (including phenoxy) is 3. The summed E-state index contributed by atoms with van der Waals surface area (Å²) in [6, 6.07) is 0. The first kappa shape index (κ1) is 67.3. The SMILES string of the molecule is CC/C=C\C/C=C\C/C=C\C/C=C\C/C=C\CC(=O)OC(COC(=O)CCCCCCC/C=C\C/C=C\C/C=C\CC)COC(=O)CCCCCCCCCCCCCCCCCCCCCCCCC. The van der Waals surface area contributed by atoms with Crippen LogP contribution in [0.25, 0.3) is 0 Å². The molecule has 0 N–H and O–H groups in total. The molecule has 0 rings (SSSR count). The Hall–Kier alpha value is -3.67. The molecule has 0 bridgehead atoms. The molecule has 71 heavy (non-hydrogen) atoms. The maximum atomic E-state index is 12.8. The van der Waals surface area contributed by atoms with E-state index in [0.717, 1.165) is 109 Å². The van der Waals surface area contributed by atoms with Gasteiger partial charge in [-0.3, -0.25) is 14.4 Å². The summed E-state index contributed by atoms with van der Waals surface area (Å²) in [6.07, 6.45) is 78.7. The summed E-state index contributed by atoms with van der Waals surface area (Å²) < 4.78 is 16.8. The topological polar surface area (TPSA) is 78.9 Å². The Labute approximate surface area is 438 Å². The van der Waals surface area contributed by atoms with E-state index in [4.69, 9.17) is 14.2 Å². The Bertz CT molecular complexity index is 1410. The lowest BCUT2D eigenvalue weighted by Gasteiger charge is -2.18. The predicted molar refractivity (Wildman–Crippen MR) is 307 cm³/mol. The Morgan fingerprint density at radius 3 is 0.930 bits per heavy atom. The third-order valence-corrected chi connectivity index (χ3v) is 12.6. The maximum absolute atomic E-state index is 12.8. The molecule has 0 heterocycles. The van der Waals surface area contributed by atoms with Crippen molar-refractivity contribution in [2.45, 2.75) is 284 Å². The van der Waals surface area contributed by atoms with Gasteiger partial charge >= 0.3 is 17.9 Å². The second kappa shape index (κ2) is 58.9. The molecule has 0 aliphatic rings. The quantitative estimate of drug-likeness (QED) is 0.0261. The van der Waals surface area contributed by atoms with Gasteiger partial charge in [0.05, 0.1) is 6.42 Å². The van der Waals surface area contributed by atoms with Gasteiger partial charge in [-0.2, -0.15) is 0 Å². The highest BCUT2D eigenvalue weighted by atomic mass is 16.6. The molecule has 0 saturated heterocycles.